The molecule has 1 heterocycles. The Balaban J connectivity index is 1.57. The Kier molecular flexibility index (Phi) is 4.16. The van der Waals surface area contributed by atoms with Crippen molar-refractivity contribution in [2.75, 3.05) is 34.1 Å². The van der Waals surface area contributed by atoms with Gasteiger partial charge in [-0.25, -0.2) is 0 Å². The lowest BCUT2D eigenvalue weighted by atomic mass is 9.43. The highest BCUT2D eigenvalue weighted by atomic mass is 16.7. The zero-order valence-corrected chi connectivity index (χ0v) is 18.6. The number of ether oxygens (including phenoxy) is 3. The van der Waals surface area contributed by atoms with E-state index >= 15 is 0 Å². The summed E-state index contributed by atoms with van der Waals surface area (Å²) in [5.41, 5.74) is 0.358. The first-order valence-electron chi connectivity index (χ1n) is 12.1. The molecule has 7 bridgehead atoms. The Morgan fingerprint density at radius 3 is 2.66 bits per heavy atom. The van der Waals surface area contributed by atoms with Gasteiger partial charge in [-0.05, 0) is 68.2 Å². The van der Waals surface area contributed by atoms with E-state index in [1.165, 1.54) is 19.4 Å². The third kappa shape index (κ3) is 2.02. The molecule has 0 aromatic heterocycles. The fraction of sp³-hybridized carbons (Fsp3) is 1.00. The van der Waals surface area contributed by atoms with Gasteiger partial charge in [0.25, 0.3) is 0 Å². The van der Waals surface area contributed by atoms with E-state index in [-0.39, 0.29) is 29.1 Å². The van der Waals surface area contributed by atoms with E-state index in [1.54, 1.807) is 7.11 Å². The van der Waals surface area contributed by atoms with Crippen LogP contribution in [0, 0.1) is 40.4 Å². The summed E-state index contributed by atoms with van der Waals surface area (Å²) in [5.74, 6) is 2.44. The van der Waals surface area contributed by atoms with Crippen molar-refractivity contribution in [2.45, 2.75) is 76.2 Å². The quantitative estimate of drug-likeness (QED) is 0.713. The van der Waals surface area contributed by atoms with E-state index in [4.69, 9.17) is 14.2 Å². The average Bonchev–Trinajstić information content (AvgIpc) is 3.11. The second-order valence-corrected chi connectivity index (χ2v) is 11.5. The summed E-state index contributed by atoms with van der Waals surface area (Å²) in [4.78, 5) is 2.81. The number of nitrogens with zero attached hydrogens (tertiary/aromatic N) is 1. The molecule has 6 aliphatic rings. The summed E-state index contributed by atoms with van der Waals surface area (Å²) in [6, 6.07) is 0.526. The van der Waals surface area contributed by atoms with E-state index in [0.29, 0.717) is 41.9 Å². The highest BCUT2D eigenvalue weighted by molar-refractivity contribution is 5.32. The van der Waals surface area contributed by atoms with Crippen molar-refractivity contribution < 1.29 is 19.3 Å². The maximum Gasteiger partial charge on any atom is 0.146 e. The van der Waals surface area contributed by atoms with Crippen LogP contribution in [0.25, 0.3) is 0 Å². The topological polar surface area (TPSA) is 51.2 Å². The SMILES string of the molecule is CCN1C[C@]2(C)CC[C@H](OCOC)[C@@]34C5C[C@@H]6CC[C@@](OC)(C5[C@H]6O)C(CC23)[C@@H]14. The predicted octanol–water partition coefficient (Wildman–Crippen LogP) is 2.91. The Hall–Kier alpha value is -0.200. The van der Waals surface area contributed by atoms with E-state index < -0.39 is 0 Å². The lowest BCUT2D eigenvalue weighted by Gasteiger charge is -2.69. The molecule has 29 heavy (non-hydrogen) atoms. The van der Waals surface area contributed by atoms with Crippen LogP contribution in [-0.4, -0.2) is 68.0 Å². The second kappa shape index (κ2) is 6.19. The number of piperidine rings is 1. The summed E-state index contributed by atoms with van der Waals surface area (Å²) in [6.45, 7) is 7.61. The van der Waals surface area contributed by atoms with Gasteiger partial charge in [-0.1, -0.05) is 13.8 Å². The van der Waals surface area contributed by atoms with Gasteiger partial charge in [0, 0.05) is 44.1 Å². The number of likely N-dealkylation sites (tertiary alicyclic amines) is 1. The molecule has 0 amide bonds. The van der Waals surface area contributed by atoms with Gasteiger partial charge in [-0.2, -0.15) is 0 Å². The molecule has 5 nitrogen and oxygen atoms in total. The van der Waals surface area contributed by atoms with E-state index in [0.717, 1.165) is 32.2 Å². The third-order valence-corrected chi connectivity index (χ3v) is 11.1. The van der Waals surface area contributed by atoms with Gasteiger partial charge >= 0.3 is 0 Å². The van der Waals surface area contributed by atoms with Crippen LogP contribution in [0.2, 0.25) is 0 Å². The zero-order chi connectivity index (χ0) is 20.2. The Bertz CT molecular complexity index is 688. The summed E-state index contributed by atoms with van der Waals surface area (Å²) in [6.07, 6.45) is 7.11. The minimum atomic E-state index is -0.196. The highest BCUT2D eigenvalue weighted by Gasteiger charge is 2.82. The van der Waals surface area contributed by atoms with Gasteiger partial charge in [-0.3, -0.25) is 4.90 Å². The summed E-state index contributed by atoms with van der Waals surface area (Å²) < 4.78 is 18.5. The fourth-order valence-electron chi connectivity index (χ4n) is 10.5. The van der Waals surface area contributed by atoms with Crippen molar-refractivity contribution >= 4 is 0 Å². The molecule has 0 radical (unpaired) electrons. The minimum absolute atomic E-state index is 0.144. The van der Waals surface area contributed by atoms with Crippen LogP contribution in [0.1, 0.15) is 52.4 Å². The van der Waals surface area contributed by atoms with Crippen molar-refractivity contribution in [1.82, 2.24) is 4.90 Å². The molecule has 1 spiro atoms. The molecule has 6 rings (SSSR count). The number of aliphatic hydroxyl groups is 1. The molecule has 0 aromatic rings. The Morgan fingerprint density at radius 2 is 1.93 bits per heavy atom. The minimum Gasteiger partial charge on any atom is -0.392 e. The van der Waals surface area contributed by atoms with Gasteiger partial charge in [0.15, 0.2) is 0 Å². The van der Waals surface area contributed by atoms with Crippen molar-refractivity contribution in [3.8, 4) is 0 Å². The number of methoxy groups -OCH3 is 2. The molecule has 6 fully saturated rings. The number of rotatable bonds is 5. The number of hydrogen-bond acceptors (Lipinski definition) is 5. The monoisotopic (exact) mass is 405 g/mol. The molecule has 11 atom stereocenters. The van der Waals surface area contributed by atoms with Gasteiger partial charge in [0.1, 0.15) is 6.79 Å². The Labute approximate surface area is 175 Å². The largest absolute Gasteiger partial charge is 0.392 e. The van der Waals surface area contributed by atoms with Crippen molar-refractivity contribution in [1.29, 1.82) is 0 Å². The molecule has 4 unspecified atom stereocenters. The lowest BCUT2D eigenvalue weighted by molar-refractivity contribution is -0.282. The van der Waals surface area contributed by atoms with Gasteiger partial charge < -0.3 is 19.3 Å². The molecule has 5 heteroatoms. The maximum absolute atomic E-state index is 11.4. The van der Waals surface area contributed by atoms with Crippen LogP contribution in [0.4, 0.5) is 0 Å². The number of hydrogen-bond donors (Lipinski definition) is 1. The number of aliphatic hydroxyl groups excluding tert-OH is 1. The fourth-order valence-corrected chi connectivity index (χ4v) is 10.5. The van der Waals surface area contributed by atoms with Crippen LogP contribution in [-0.2, 0) is 14.2 Å². The smallest absolute Gasteiger partial charge is 0.146 e. The van der Waals surface area contributed by atoms with Crippen LogP contribution >= 0.6 is 0 Å². The maximum atomic E-state index is 11.4. The molecule has 5 aliphatic carbocycles. The summed E-state index contributed by atoms with van der Waals surface area (Å²) in [5, 5.41) is 11.4. The van der Waals surface area contributed by atoms with Crippen LogP contribution in [0.3, 0.4) is 0 Å². The summed E-state index contributed by atoms with van der Waals surface area (Å²) >= 11 is 0. The molecule has 1 saturated heterocycles. The molecule has 164 valence electrons. The third-order valence-electron chi connectivity index (χ3n) is 11.1. The van der Waals surface area contributed by atoms with E-state index in [2.05, 4.69) is 18.7 Å². The van der Waals surface area contributed by atoms with Crippen LogP contribution in [0.5, 0.6) is 0 Å². The Morgan fingerprint density at radius 1 is 1.10 bits per heavy atom. The normalized spacial score (nSPS) is 59.9. The molecule has 0 aromatic carbocycles. The molecule has 1 aliphatic heterocycles. The van der Waals surface area contributed by atoms with E-state index in [9.17, 15) is 5.11 Å². The highest BCUT2D eigenvalue weighted by Crippen LogP contribution is 2.79. The van der Waals surface area contributed by atoms with Crippen molar-refractivity contribution in [3.05, 3.63) is 0 Å². The van der Waals surface area contributed by atoms with E-state index in [1.807, 2.05) is 7.11 Å². The van der Waals surface area contributed by atoms with Crippen molar-refractivity contribution in [3.63, 3.8) is 0 Å². The molecular formula is C24H39NO4. The standard InChI is InChI=1S/C24H39NO4/c1-5-25-12-22(2)8-7-18(29-13-27-3)24-15-10-14-6-9-23(28-4,19(15)20(14)26)16(21(24)25)11-17(22)24/h14-21,26H,5-13H2,1-4H3/t14-,15?,16?,17?,18-,19?,20-,21+,22-,23-,24+/m0/s1. The first kappa shape index (κ1) is 19.5. The van der Waals surface area contributed by atoms with Gasteiger partial charge in [0.05, 0.1) is 17.8 Å². The first-order chi connectivity index (χ1) is 14.0. The zero-order valence-electron chi connectivity index (χ0n) is 18.6. The average molecular weight is 406 g/mol. The molecular weight excluding hydrogens is 366 g/mol. The van der Waals surface area contributed by atoms with Gasteiger partial charge in [0.2, 0.25) is 0 Å². The lowest BCUT2D eigenvalue weighted by Crippen LogP contribution is -2.75. The van der Waals surface area contributed by atoms with Crippen LogP contribution in [0.15, 0.2) is 0 Å². The molecule has 5 saturated carbocycles. The summed E-state index contributed by atoms with van der Waals surface area (Å²) in [7, 11) is 3.68. The first-order valence-corrected chi connectivity index (χ1v) is 12.1. The van der Waals surface area contributed by atoms with Crippen LogP contribution < -0.4 is 0 Å². The predicted molar refractivity (Wildman–Crippen MR) is 109 cm³/mol. The molecule has 1 N–H and O–H groups in total. The second-order valence-electron chi connectivity index (χ2n) is 11.5. The number of fused-ring (bicyclic) bond motifs is 2. The van der Waals surface area contributed by atoms with Gasteiger partial charge in [-0.15, -0.1) is 0 Å². The van der Waals surface area contributed by atoms with Crippen molar-refractivity contribution in [2.24, 2.45) is 40.4 Å².